The van der Waals surface area contributed by atoms with Crippen LogP contribution in [0.3, 0.4) is 0 Å². The zero-order valence-electron chi connectivity index (χ0n) is 16.4. The Balaban J connectivity index is 1.53. The summed E-state index contributed by atoms with van der Waals surface area (Å²) in [5.74, 6) is -0.578. The second-order valence-corrected chi connectivity index (χ2v) is 7.30. The first-order chi connectivity index (χ1) is 14.9. The summed E-state index contributed by atoms with van der Waals surface area (Å²) in [6.07, 6.45) is 1.50. The van der Waals surface area contributed by atoms with Crippen LogP contribution in [0, 0.1) is 11.3 Å². The van der Waals surface area contributed by atoms with Crippen LogP contribution in [0.4, 0.5) is 10.1 Å². The number of amides is 1. The molecule has 0 spiro atoms. The molecule has 1 fully saturated rings. The molecule has 0 bridgehead atoms. The number of fused-ring (bicyclic) bond motifs is 1. The number of H-pyrrole nitrogens is 1. The van der Waals surface area contributed by atoms with Gasteiger partial charge in [0.1, 0.15) is 11.5 Å². The molecule has 31 heavy (non-hydrogen) atoms. The molecule has 4 N–H and O–H groups in total. The van der Waals surface area contributed by atoms with E-state index in [1.165, 1.54) is 30.5 Å². The van der Waals surface area contributed by atoms with E-state index in [0.29, 0.717) is 41.7 Å². The average Bonchev–Trinajstić information content (AvgIpc) is 3.21. The first-order valence-electron chi connectivity index (χ1n) is 9.69. The number of likely N-dealkylation sites (tertiary alicyclic amines) is 1. The van der Waals surface area contributed by atoms with Gasteiger partial charge in [-0.3, -0.25) is 9.59 Å². The summed E-state index contributed by atoms with van der Waals surface area (Å²) in [5, 5.41) is 16.5. The van der Waals surface area contributed by atoms with E-state index >= 15 is 0 Å². The molecule has 1 aliphatic heterocycles. The summed E-state index contributed by atoms with van der Waals surface area (Å²) in [6, 6.07) is 12.2. The van der Waals surface area contributed by atoms with Crippen LogP contribution in [0.2, 0.25) is 0 Å². The number of benzene rings is 2. The second-order valence-electron chi connectivity index (χ2n) is 7.30. The van der Waals surface area contributed by atoms with Crippen LogP contribution in [0.25, 0.3) is 16.6 Å². The number of nitrogens with one attached hydrogen (secondary N) is 3. The minimum atomic E-state index is -0.475. The summed E-state index contributed by atoms with van der Waals surface area (Å²) >= 11 is 0. The van der Waals surface area contributed by atoms with Gasteiger partial charge in [0.2, 0.25) is 0 Å². The molecule has 158 valence electrons. The lowest BCUT2D eigenvalue weighted by atomic mass is 10.1. The van der Waals surface area contributed by atoms with Gasteiger partial charge >= 0.3 is 0 Å². The van der Waals surface area contributed by atoms with Gasteiger partial charge in [-0.15, -0.1) is 0 Å². The Bertz CT molecular complexity index is 1240. The topological polar surface area (TPSA) is 122 Å². The van der Waals surface area contributed by atoms with Crippen molar-refractivity contribution in [3.8, 4) is 0 Å². The molecule has 4 rings (SSSR count). The van der Waals surface area contributed by atoms with E-state index in [0.717, 1.165) is 0 Å². The third-order valence-electron chi connectivity index (χ3n) is 5.16. The Hall–Kier alpha value is -3.85. The molecule has 2 aromatic carbocycles. The van der Waals surface area contributed by atoms with Crippen molar-refractivity contribution in [2.24, 2.45) is 5.11 Å². The van der Waals surface area contributed by atoms with Crippen LogP contribution in [0.15, 0.2) is 64.6 Å². The average molecular weight is 421 g/mol. The molecule has 1 aliphatic rings. The van der Waals surface area contributed by atoms with Crippen molar-refractivity contribution >= 4 is 28.2 Å². The van der Waals surface area contributed by atoms with Gasteiger partial charge in [-0.2, -0.15) is 5.11 Å². The van der Waals surface area contributed by atoms with E-state index < -0.39 is 17.5 Å². The quantitative estimate of drug-likeness (QED) is 0.472. The van der Waals surface area contributed by atoms with Crippen molar-refractivity contribution in [3.05, 3.63) is 82.0 Å². The van der Waals surface area contributed by atoms with Gasteiger partial charge in [0.05, 0.1) is 11.7 Å². The van der Waals surface area contributed by atoms with Gasteiger partial charge in [0.25, 0.3) is 11.5 Å². The number of pyridine rings is 1. The summed E-state index contributed by atoms with van der Waals surface area (Å²) in [7, 11) is 0. The van der Waals surface area contributed by atoms with Crippen molar-refractivity contribution in [3.63, 3.8) is 0 Å². The molecule has 1 atom stereocenters. The van der Waals surface area contributed by atoms with Gasteiger partial charge < -0.3 is 20.3 Å². The summed E-state index contributed by atoms with van der Waals surface area (Å²) in [5.41, 5.74) is 8.79. The Morgan fingerprint density at radius 3 is 2.71 bits per heavy atom. The number of aromatic nitrogens is 1. The Morgan fingerprint density at radius 2 is 2.03 bits per heavy atom. The van der Waals surface area contributed by atoms with Gasteiger partial charge in [-0.05, 0) is 55.0 Å². The highest BCUT2D eigenvalue weighted by Crippen LogP contribution is 2.20. The first kappa shape index (κ1) is 20.4. The van der Waals surface area contributed by atoms with E-state index in [-0.39, 0.29) is 17.2 Å². The summed E-state index contributed by atoms with van der Waals surface area (Å²) < 4.78 is 13.5. The smallest absolute Gasteiger partial charge is 0.258 e. The van der Waals surface area contributed by atoms with Crippen molar-refractivity contribution in [1.29, 1.82) is 5.53 Å². The minimum Gasteiger partial charge on any atom is -0.391 e. The Kier molecular flexibility index (Phi) is 5.59. The number of rotatable bonds is 5. The Labute approximate surface area is 176 Å². The summed E-state index contributed by atoms with van der Waals surface area (Å²) in [4.78, 5) is 29.1. The van der Waals surface area contributed by atoms with E-state index in [1.807, 2.05) is 0 Å². The molecule has 1 saturated heterocycles. The third-order valence-corrected chi connectivity index (χ3v) is 5.16. The van der Waals surface area contributed by atoms with Crippen molar-refractivity contribution in [2.45, 2.75) is 12.5 Å². The summed E-state index contributed by atoms with van der Waals surface area (Å²) in [6.45, 7) is 0.863. The van der Waals surface area contributed by atoms with Crippen LogP contribution >= 0.6 is 0 Å². The zero-order valence-corrected chi connectivity index (χ0v) is 16.4. The fraction of sp³-hybridized carbons (Fsp3) is 0.182. The molecule has 3 aromatic rings. The highest BCUT2D eigenvalue weighted by atomic mass is 19.1. The zero-order chi connectivity index (χ0) is 22.0. The maximum absolute atomic E-state index is 13.5. The lowest BCUT2D eigenvalue weighted by Gasteiger charge is -2.15. The highest BCUT2D eigenvalue weighted by molar-refractivity contribution is 5.94. The number of carbonyl (C=O) groups is 1. The fourth-order valence-corrected chi connectivity index (χ4v) is 3.51. The van der Waals surface area contributed by atoms with E-state index in [9.17, 15) is 19.1 Å². The SMILES string of the molecule is N=N/C(=C\Nc1ccc(C(=O)N2CC[C@H](O)C2)cc1)c1cc2cc(F)ccc2[nH]c1=O. The first-order valence-corrected chi connectivity index (χ1v) is 9.69. The number of anilines is 1. The molecule has 1 aromatic heterocycles. The largest absolute Gasteiger partial charge is 0.391 e. The molecular formula is C22H20FN5O3. The van der Waals surface area contributed by atoms with E-state index in [1.54, 1.807) is 29.2 Å². The van der Waals surface area contributed by atoms with Crippen molar-refractivity contribution < 1.29 is 14.3 Å². The standard InChI is InChI=1S/C22H20FN5O3/c23-15-3-6-19-14(9-15)10-18(21(30)26-19)20(27-24)11-25-16-4-1-13(2-5-16)22(31)28-8-7-17(29)12-28/h1-6,9-11,17,24-25,29H,7-8,12H2,(H,26,30)/b20-11-,27-24?/t17-/m0/s1. The molecule has 0 saturated carbocycles. The number of hydrogen-bond donors (Lipinski definition) is 4. The maximum Gasteiger partial charge on any atom is 0.258 e. The molecule has 0 unspecified atom stereocenters. The monoisotopic (exact) mass is 421 g/mol. The number of aromatic amines is 1. The lowest BCUT2D eigenvalue weighted by molar-refractivity contribution is 0.0765. The van der Waals surface area contributed by atoms with Crippen LogP contribution in [0.1, 0.15) is 22.3 Å². The molecule has 9 heteroatoms. The number of hydrogen-bond acceptors (Lipinski definition) is 6. The predicted molar refractivity (Wildman–Crippen MR) is 114 cm³/mol. The van der Waals surface area contributed by atoms with Gasteiger partial charge in [-0.25, -0.2) is 9.92 Å². The molecule has 8 nitrogen and oxygen atoms in total. The number of carbonyl (C=O) groups excluding carboxylic acids is 1. The van der Waals surface area contributed by atoms with Crippen LogP contribution in [0.5, 0.6) is 0 Å². The molecular weight excluding hydrogens is 401 g/mol. The molecule has 0 aliphatic carbocycles. The highest BCUT2D eigenvalue weighted by Gasteiger charge is 2.25. The van der Waals surface area contributed by atoms with Crippen LogP contribution < -0.4 is 10.9 Å². The maximum atomic E-state index is 13.5. The number of nitrogens with zero attached hydrogens (tertiary/aromatic N) is 2. The third kappa shape index (κ3) is 4.36. The second kappa shape index (κ2) is 8.49. The van der Waals surface area contributed by atoms with E-state index in [4.69, 9.17) is 5.53 Å². The normalized spacial score (nSPS) is 16.5. The van der Waals surface area contributed by atoms with Crippen molar-refractivity contribution in [1.82, 2.24) is 9.88 Å². The minimum absolute atomic E-state index is 0.0682. The number of aliphatic hydroxyl groups excluding tert-OH is 1. The van der Waals surface area contributed by atoms with E-state index in [2.05, 4.69) is 15.4 Å². The fourth-order valence-electron chi connectivity index (χ4n) is 3.51. The van der Waals surface area contributed by atoms with Gasteiger partial charge in [-0.1, -0.05) is 0 Å². The number of halogens is 1. The number of aliphatic hydroxyl groups is 1. The van der Waals surface area contributed by atoms with Gasteiger partial charge in [0.15, 0.2) is 0 Å². The van der Waals surface area contributed by atoms with Crippen molar-refractivity contribution in [2.75, 3.05) is 18.4 Å². The molecule has 0 radical (unpaired) electrons. The molecule has 2 heterocycles. The van der Waals surface area contributed by atoms with Crippen LogP contribution in [-0.2, 0) is 0 Å². The molecule has 1 amide bonds. The van der Waals surface area contributed by atoms with Crippen LogP contribution in [-0.4, -0.2) is 40.1 Å². The lowest BCUT2D eigenvalue weighted by Crippen LogP contribution is -2.29. The number of β-amino-alcohol motifs (C(OH)–C–C–N with tert-alkyl or cyclic N) is 1. The predicted octanol–water partition coefficient (Wildman–Crippen LogP) is 3.32. The van der Waals surface area contributed by atoms with Gasteiger partial charge in [0, 0.05) is 41.4 Å². The Morgan fingerprint density at radius 1 is 1.26 bits per heavy atom.